The van der Waals surface area contributed by atoms with Gasteiger partial charge in [0.05, 0.1) is 11.7 Å². The van der Waals surface area contributed by atoms with Crippen LogP contribution in [-0.2, 0) is 11.2 Å². The molecule has 0 fully saturated rings. The van der Waals surface area contributed by atoms with Crippen LogP contribution in [0.15, 0.2) is 79.0 Å². The van der Waals surface area contributed by atoms with Gasteiger partial charge in [-0.25, -0.2) is 0 Å². The first-order valence-corrected chi connectivity index (χ1v) is 10.7. The van der Waals surface area contributed by atoms with Crippen molar-refractivity contribution in [2.45, 2.75) is 45.6 Å². The summed E-state index contributed by atoms with van der Waals surface area (Å²) in [5.74, 6) is -0.101. The van der Waals surface area contributed by atoms with Crippen LogP contribution in [0.3, 0.4) is 0 Å². The van der Waals surface area contributed by atoms with E-state index in [1.54, 1.807) is 6.08 Å². The van der Waals surface area contributed by atoms with Gasteiger partial charge in [-0.15, -0.1) is 0 Å². The zero-order chi connectivity index (χ0) is 21.2. The van der Waals surface area contributed by atoms with Crippen molar-refractivity contribution in [2.75, 3.05) is 0 Å². The molecule has 0 saturated heterocycles. The number of hydrogen-bond acceptors (Lipinski definition) is 2. The maximum Gasteiger partial charge on any atom is 0.244 e. The van der Waals surface area contributed by atoms with Gasteiger partial charge in [0, 0.05) is 17.8 Å². The molecule has 3 nitrogen and oxygen atoms in total. The van der Waals surface area contributed by atoms with E-state index >= 15 is 0 Å². The highest BCUT2D eigenvalue weighted by atomic mass is 16.1. The van der Waals surface area contributed by atoms with E-state index in [0.717, 1.165) is 28.8 Å². The zero-order valence-corrected chi connectivity index (χ0v) is 17.8. The van der Waals surface area contributed by atoms with Crippen molar-refractivity contribution < 1.29 is 4.79 Å². The fraction of sp³-hybridized carbons (Fsp3) is 0.259. The summed E-state index contributed by atoms with van der Waals surface area (Å²) in [6.07, 6.45) is 10.2. The molecule has 0 bridgehead atoms. The summed E-state index contributed by atoms with van der Waals surface area (Å²) in [5.41, 5.74) is 5.42. The summed E-state index contributed by atoms with van der Waals surface area (Å²) >= 11 is 0. The van der Waals surface area contributed by atoms with E-state index in [0.29, 0.717) is 0 Å². The zero-order valence-electron chi connectivity index (χ0n) is 17.8. The van der Waals surface area contributed by atoms with E-state index in [-0.39, 0.29) is 11.9 Å². The van der Waals surface area contributed by atoms with Crippen LogP contribution in [0, 0.1) is 0 Å². The number of nitrogens with one attached hydrogen (secondary N) is 1. The second-order valence-electron chi connectivity index (χ2n) is 7.61. The predicted molar refractivity (Wildman–Crippen MR) is 125 cm³/mol. The summed E-state index contributed by atoms with van der Waals surface area (Å²) in [5, 5.41) is 2.99. The lowest BCUT2D eigenvalue weighted by atomic mass is 10.1. The van der Waals surface area contributed by atoms with E-state index in [4.69, 9.17) is 0 Å². The number of pyridine rings is 1. The van der Waals surface area contributed by atoms with Gasteiger partial charge in [-0.2, -0.15) is 0 Å². The number of nitrogens with zero attached hydrogens (tertiary/aromatic N) is 1. The van der Waals surface area contributed by atoms with Gasteiger partial charge >= 0.3 is 0 Å². The van der Waals surface area contributed by atoms with Crippen molar-refractivity contribution in [3.63, 3.8) is 0 Å². The molecule has 0 spiro atoms. The third-order valence-corrected chi connectivity index (χ3v) is 5.19. The van der Waals surface area contributed by atoms with Crippen molar-refractivity contribution >= 4 is 12.0 Å². The maximum atomic E-state index is 12.2. The highest BCUT2D eigenvalue weighted by Gasteiger charge is 2.06. The van der Waals surface area contributed by atoms with E-state index in [1.807, 2.05) is 73.8 Å². The lowest BCUT2D eigenvalue weighted by Crippen LogP contribution is -2.24. The first-order chi connectivity index (χ1) is 14.7. The van der Waals surface area contributed by atoms with Crippen LogP contribution in [0.25, 0.3) is 17.3 Å². The average molecular weight is 399 g/mol. The molecule has 1 heterocycles. The third-order valence-electron chi connectivity index (χ3n) is 5.19. The highest BCUT2D eigenvalue weighted by Crippen LogP contribution is 2.19. The number of carbonyl (C=O) groups excluding carboxylic acids is 1. The van der Waals surface area contributed by atoms with Crippen LogP contribution in [-0.4, -0.2) is 10.9 Å². The van der Waals surface area contributed by atoms with Gasteiger partial charge < -0.3 is 5.32 Å². The lowest BCUT2D eigenvalue weighted by Gasteiger charge is -2.12. The molecule has 0 aliphatic rings. The Labute approximate surface area is 179 Å². The molecule has 1 atom stereocenters. The molecule has 3 aromatic rings. The molecule has 0 saturated carbocycles. The van der Waals surface area contributed by atoms with Crippen molar-refractivity contribution in [2.24, 2.45) is 0 Å². The number of unbranched alkanes of at least 4 members (excludes halogenated alkanes) is 2. The first-order valence-electron chi connectivity index (χ1n) is 10.7. The van der Waals surface area contributed by atoms with Crippen molar-refractivity contribution in [3.8, 4) is 11.3 Å². The van der Waals surface area contributed by atoms with E-state index in [9.17, 15) is 4.79 Å². The Hall–Kier alpha value is -3.20. The molecule has 3 heteroatoms. The van der Waals surface area contributed by atoms with Crippen LogP contribution in [0.5, 0.6) is 0 Å². The Kier molecular flexibility index (Phi) is 7.96. The largest absolute Gasteiger partial charge is 0.346 e. The number of aromatic nitrogens is 1. The molecular weight excluding hydrogens is 368 g/mol. The van der Waals surface area contributed by atoms with Crippen LogP contribution in [0.1, 0.15) is 55.8 Å². The molecule has 30 heavy (non-hydrogen) atoms. The highest BCUT2D eigenvalue weighted by molar-refractivity contribution is 5.92. The molecule has 0 radical (unpaired) electrons. The van der Waals surface area contributed by atoms with Crippen LogP contribution >= 0.6 is 0 Å². The van der Waals surface area contributed by atoms with Crippen molar-refractivity contribution in [1.29, 1.82) is 0 Å². The maximum absolute atomic E-state index is 12.2. The van der Waals surface area contributed by atoms with Gasteiger partial charge in [0.15, 0.2) is 0 Å². The predicted octanol–water partition coefficient (Wildman–Crippen LogP) is 6.37. The molecular formula is C27H30N2O. The Morgan fingerprint density at radius 2 is 1.77 bits per heavy atom. The van der Waals surface area contributed by atoms with E-state index in [1.165, 1.54) is 24.8 Å². The minimum Gasteiger partial charge on any atom is -0.346 e. The minimum atomic E-state index is -0.101. The fourth-order valence-corrected chi connectivity index (χ4v) is 3.35. The summed E-state index contributed by atoms with van der Waals surface area (Å²) in [6, 6.07) is 22.3. The summed E-state index contributed by atoms with van der Waals surface area (Å²) in [7, 11) is 0. The molecule has 1 N–H and O–H groups in total. The normalized spacial score (nSPS) is 12.1. The number of hydrogen-bond donors (Lipinski definition) is 1. The monoisotopic (exact) mass is 398 g/mol. The number of amides is 1. The van der Waals surface area contributed by atoms with Gasteiger partial charge in [0.2, 0.25) is 5.91 Å². The van der Waals surface area contributed by atoms with Gasteiger partial charge in [0.1, 0.15) is 0 Å². The lowest BCUT2D eigenvalue weighted by molar-refractivity contribution is -0.117. The summed E-state index contributed by atoms with van der Waals surface area (Å²) < 4.78 is 0. The van der Waals surface area contributed by atoms with Gasteiger partial charge in [-0.3, -0.25) is 9.78 Å². The Bertz CT molecular complexity index is 944. The van der Waals surface area contributed by atoms with Gasteiger partial charge in [0.25, 0.3) is 0 Å². The summed E-state index contributed by atoms with van der Waals surface area (Å²) in [6.45, 7) is 4.20. The second kappa shape index (κ2) is 11.1. The van der Waals surface area contributed by atoms with Crippen molar-refractivity contribution in [3.05, 3.63) is 95.7 Å². The number of aryl methyl sites for hydroxylation is 1. The van der Waals surface area contributed by atoms with E-state index in [2.05, 4.69) is 29.4 Å². The molecule has 3 rings (SSSR count). The molecule has 1 amide bonds. The quantitative estimate of drug-likeness (QED) is 0.336. The Balaban J connectivity index is 1.55. The molecule has 0 aliphatic carbocycles. The topological polar surface area (TPSA) is 42.0 Å². The third kappa shape index (κ3) is 6.41. The molecule has 1 aromatic heterocycles. The smallest absolute Gasteiger partial charge is 0.244 e. The number of carbonyl (C=O) groups is 1. The Morgan fingerprint density at radius 3 is 2.43 bits per heavy atom. The molecule has 2 aromatic carbocycles. The average Bonchev–Trinajstić information content (AvgIpc) is 2.79. The van der Waals surface area contributed by atoms with Gasteiger partial charge in [-0.1, -0.05) is 80.4 Å². The standard InChI is InChI=1S/C27H30N2O/c1-3-4-6-9-23-14-18-26(28-20-23)25-16-12-22(13-17-25)15-19-27(30)29-21(2)24-10-7-5-8-11-24/h5,7-8,10-21H,3-4,6,9H2,1-2H3,(H,29,30)/b19-15+. The first kappa shape index (κ1) is 21.5. The van der Waals surface area contributed by atoms with Crippen LogP contribution < -0.4 is 5.32 Å². The molecule has 1 unspecified atom stereocenters. The van der Waals surface area contributed by atoms with Crippen LogP contribution in [0.4, 0.5) is 0 Å². The van der Waals surface area contributed by atoms with Gasteiger partial charge in [-0.05, 0) is 48.6 Å². The van der Waals surface area contributed by atoms with E-state index < -0.39 is 0 Å². The SMILES string of the molecule is CCCCCc1ccc(-c2ccc(/C=C/C(=O)NC(C)c3ccccc3)cc2)nc1. The Morgan fingerprint density at radius 1 is 1.00 bits per heavy atom. The molecule has 0 aliphatic heterocycles. The summed E-state index contributed by atoms with van der Waals surface area (Å²) in [4.78, 5) is 16.8. The number of benzene rings is 2. The van der Waals surface area contributed by atoms with Crippen LogP contribution in [0.2, 0.25) is 0 Å². The van der Waals surface area contributed by atoms with Crippen molar-refractivity contribution in [1.82, 2.24) is 10.3 Å². The fourth-order valence-electron chi connectivity index (χ4n) is 3.35. The second-order valence-corrected chi connectivity index (χ2v) is 7.61. The molecule has 154 valence electrons. The number of rotatable bonds is 9. The minimum absolute atomic E-state index is 0.0262.